The summed E-state index contributed by atoms with van der Waals surface area (Å²) in [7, 11) is 0. The van der Waals surface area contributed by atoms with Crippen molar-refractivity contribution in [2.45, 2.75) is 39.2 Å². The molecule has 0 bridgehead atoms. The van der Waals surface area contributed by atoms with E-state index in [0.717, 1.165) is 23.5 Å². The molecule has 2 N–H and O–H groups in total. The van der Waals surface area contributed by atoms with Gasteiger partial charge in [0.15, 0.2) is 5.82 Å². The lowest BCUT2D eigenvalue weighted by Crippen LogP contribution is -2.29. The van der Waals surface area contributed by atoms with Gasteiger partial charge in [-0.1, -0.05) is 25.1 Å². The molecule has 8 heteroatoms. The lowest BCUT2D eigenvalue weighted by molar-refractivity contribution is -0.121. The van der Waals surface area contributed by atoms with Gasteiger partial charge in [-0.05, 0) is 49.7 Å². The molecule has 2 aromatic carbocycles. The third-order valence-corrected chi connectivity index (χ3v) is 4.83. The SMILES string of the molecule is CC[C@H](C)Oc1ccc(-c2nnc(CCC(=O)NCCOc3ccccc3)c(=O)[nH]2)cc1. The number of nitrogens with one attached hydrogen (secondary N) is 2. The molecule has 0 spiro atoms. The zero-order valence-electron chi connectivity index (χ0n) is 18.3. The molecule has 1 atom stereocenters. The molecule has 0 unspecified atom stereocenters. The molecule has 0 saturated heterocycles. The monoisotopic (exact) mass is 436 g/mol. The van der Waals surface area contributed by atoms with E-state index < -0.39 is 0 Å². The number of H-pyrrole nitrogens is 1. The first-order valence-electron chi connectivity index (χ1n) is 10.7. The van der Waals surface area contributed by atoms with E-state index >= 15 is 0 Å². The van der Waals surface area contributed by atoms with Crippen molar-refractivity contribution in [2.75, 3.05) is 13.2 Å². The third kappa shape index (κ3) is 6.94. The fraction of sp³-hybridized carbons (Fsp3) is 0.333. The first kappa shape index (κ1) is 23.0. The molecular weight excluding hydrogens is 408 g/mol. The number of carbonyl (C=O) groups is 1. The summed E-state index contributed by atoms with van der Waals surface area (Å²) in [6.45, 7) is 4.82. The highest BCUT2D eigenvalue weighted by Crippen LogP contribution is 2.19. The number of benzene rings is 2. The lowest BCUT2D eigenvalue weighted by atomic mass is 10.2. The number of carbonyl (C=O) groups excluding carboxylic acids is 1. The third-order valence-electron chi connectivity index (χ3n) is 4.83. The van der Waals surface area contributed by atoms with Crippen LogP contribution in [0.3, 0.4) is 0 Å². The summed E-state index contributed by atoms with van der Waals surface area (Å²) in [5.41, 5.74) is 0.602. The van der Waals surface area contributed by atoms with Gasteiger partial charge in [0.1, 0.15) is 23.8 Å². The number of hydrogen-bond donors (Lipinski definition) is 2. The Morgan fingerprint density at radius 1 is 1.06 bits per heavy atom. The minimum absolute atomic E-state index is 0.133. The summed E-state index contributed by atoms with van der Waals surface area (Å²) in [4.78, 5) is 27.1. The Labute approximate surface area is 187 Å². The largest absolute Gasteiger partial charge is 0.492 e. The van der Waals surface area contributed by atoms with E-state index in [1.807, 2.05) is 61.5 Å². The molecule has 0 fully saturated rings. The number of amides is 1. The molecule has 1 aromatic heterocycles. The van der Waals surface area contributed by atoms with Crippen molar-refractivity contribution in [3.8, 4) is 22.9 Å². The van der Waals surface area contributed by atoms with Crippen LogP contribution in [0, 0.1) is 0 Å². The van der Waals surface area contributed by atoms with E-state index in [1.54, 1.807) is 0 Å². The quantitative estimate of drug-likeness (QED) is 0.447. The summed E-state index contributed by atoms with van der Waals surface area (Å²) >= 11 is 0. The van der Waals surface area contributed by atoms with E-state index in [4.69, 9.17) is 9.47 Å². The second-order valence-corrected chi connectivity index (χ2v) is 7.32. The molecule has 8 nitrogen and oxygen atoms in total. The van der Waals surface area contributed by atoms with Crippen LogP contribution >= 0.6 is 0 Å². The molecule has 0 radical (unpaired) electrons. The second kappa shape index (κ2) is 11.6. The number of para-hydroxylation sites is 1. The second-order valence-electron chi connectivity index (χ2n) is 7.32. The van der Waals surface area contributed by atoms with Crippen molar-refractivity contribution in [3.63, 3.8) is 0 Å². The maximum atomic E-state index is 12.4. The predicted octanol–water partition coefficient (Wildman–Crippen LogP) is 3.14. The number of hydrogen-bond acceptors (Lipinski definition) is 6. The highest BCUT2D eigenvalue weighted by atomic mass is 16.5. The number of aryl methyl sites for hydroxylation is 1. The van der Waals surface area contributed by atoms with Crippen LogP contribution in [0.1, 0.15) is 32.4 Å². The van der Waals surface area contributed by atoms with Crippen LogP contribution in [0.25, 0.3) is 11.4 Å². The number of ether oxygens (including phenoxy) is 2. The zero-order chi connectivity index (χ0) is 22.8. The Bertz CT molecular complexity index is 1050. The number of aromatic amines is 1. The topological polar surface area (TPSA) is 106 Å². The highest BCUT2D eigenvalue weighted by Gasteiger charge is 2.10. The van der Waals surface area contributed by atoms with Crippen LogP contribution in [-0.2, 0) is 11.2 Å². The molecule has 0 aliphatic carbocycles. The van der Waals surface area contributed by atoms with Crippen LogP contribution in [0.5, 0.6) is 11.5 Å². The van der Waals surface area contributed by atoms with E-state index in [0.29, 0.717) is 19.0 Å². The molecule has 1 amide bonds. The minimum atomic E-state index is -0.352. The Hall–Kier alpha value is -3.68. The van der Waals surface area contributed by atoms with Crippen LogP contribution in [0.4, 0.5) is 0 Å². The average Bonchev–Trinajstić information content (AvgIpc) is 2.82. The normalized spacial score (nSPS) is 11.6. The summed E-state index contributed by atoms with van der Waals surface area (Å²) < 4.78 is 11.3. The van der Waals surface area contributed by atoms with Gasteiger partial charge in [0, 0.05) is 18.4 Å². The average molecular weight is 437 g/mol. The van der Waals surface area contributed by atoms with Gasteiger partial charge in [0.25, 0.3) is 5.56 Å². The van der Waals surface area contributed by atoms with Gasteiger partial charge in [-0.2, -0.15) is 0 Å². The molecule has 0 saturated carbocycles. The Morgan fingerprint density at radius 3 is 2.50 bits per heavy atom. The molecule has 3 rings (SSSR count). The zero-order valence-corrected chi connectivity index (χ0v) is 18.3. The Morgan fingerprint density at radius 2 is 1.81 bits per heavy atom. The molecule has 1 heterocycles. The highest BCUT2D eigenvalue weighted by molar-refractivity contribution is 5.76. The van der Waals surface area contributed by atoms with Crippen molar-refractivity contribution in [2.24, 2.45) is 0 Å². The van der Waals surface area contributed by atoms with Gasteiger partial charge in [-0.25, -0.2) is 0 Å². The first-order chi connectivity index (χ1) is 15.5. The van der Waals surface area contributed by atoms with Gasteiger partial charge in [0.2, 0.25) is 5.91 Å². The summed E-state index contributed by atoms with van der Waals surface area (Å²) in [5, 5.41) is 10.9. The number of aromatic nitrogens is 3. The van der Waals surface area contributed by atoms with Crippen molar-refractivity contribution in [1.29, 1.82) is 0 Å². The van der Waals surface area contributed by atoms with Crippen molar-refractivity contribution >= 4 is 5.91 Å². The Balaban J connectivity index is 1.46. The number of rotatable bonds is 11. The minimum Gasteiger partial charge on any atom is -0.492 e. The van der Waals surface area contributed by atoms with E-state index in [-0.39, 0.29) is 36.1 Å². The summed E-state index contributed by atoms with van der Waals surface area (Å²) in [6, 6.07) is 16.7. The first-order valence-corrected chi connectivity index (χ1v) is 10.7. The van der Waals surface area contributed by atoms with Crippen molar-refractivity contribution in [1.82, 2.24) is 20.5 Å². The van der Waals surface area contributed by atoms with Gasteiger partial charge in [-0.15, -0.1) is 10.2 Å². The lowest BCUT2D eigenvalue weighted by Gasteiger charge is -2.12. The molecule has 0 aliphatic heterocycles. The van der Waals surface area contributed by atoms with Gasteiger partial charge in [0.05, 0.1) is 12.6 Å². The summed E-state index contributed by atoms with van der Waals surface area (Å²) in [5.74, 6) is 1.71. The van der Waals surface area contributed by atoms with E-state index in [1.165, 1.54) is 0 Å². The van der Waals surface area contributed by atoms with Gasteiger partial charge < -0.3 is 19.8 Å². The Kier molecular flexibility index (Phi) is 8.36. The van der Waals surface area contributed by atoms with Crippen LogP contribution in [0.2, 0.25) is 0 Å². The van der Waals surface area contributed by atoms with Crippen molar-refractivity contribution < 1.29 is 14.3 Å². The van der Waals surface area contributed by atoms with Crippen LogP contribution in [0.15, 0.2) is 59.4 Å². The maximum Gasteiger partial charge on any atom is 0.273 e. The molecule has 3 aromatic rings. The van der Waals surface area contributed by atoms with E-state index in [9.17, 15) is 9.59 Å². The van der Waals surface area contributed by atoms with Crippen molar-refractivity contribution in [3.05, 3.63) is 70.6 Å². The van der Waals surface area contributed by atoms with E-state index in [2.05, 4.69) is 27.4 Å². The molecular formula is C24H28N4O4. The molecule has 168 valence electrons. The fourth-order valence-corrected chi connectivity index (χ4v) is 2.86. The van der Waals surface area contributed by atoms with Crippen LogP contribution < -0.4 is 20.3 Å². The summed E-state index contributed by atoms with van der Waals surface area (Å²) in [6.07, 6.45) is 1.40. The van der Waals surface area contributed by atoms with Gasteiger partial charge in [-0.3, -0.25) is 9.59 Å². The maximum absolute atomic E-state index is 12.4. The van der Waals surface area contributed by atoms with Crippen LogP contribution in [-0.4, -0.2) is 40.3 Å². The standard InChI is InChI=1S/C24H28N4O4/c1-3-17(2)32-20-11-9-18(10-12-20)23-26-24(30)21(27-28-23)13-14-22(29)25-15-16-31-19-7-5-4-6-8-19/h4-12,17H,3,13-16H2,1-2H3,(H,25,29)(H,26,28,30)/t17-/m0/s1. The molecule has 0 aliphatic rings. The fourth-order valence-electron chi connectivity index (χ4n) is 2.86. The number of nitrogens with zero attached hydrogens (tertiary/aromatic N) is 2. The smallest absolute Gasteiger partial charge is 0.273 e. The van der Waals surface area contributed by atoms with Gasteiger partial charge >= 0.3 is 0 Å². The predicted molar refractivity (Wildman–Crippen MR) is 122 cm³/mol. The molecule has 32 heavy (non-hydrogen) atoms.